The van der Waals surface area contributed by atoms with Gasteiger partial charge >= 0.3 is 0 Å². The van der Waals surface area contributed by atoms with Crippen molar-refractivity contribution in [3.8, 4) is 0 Å². The Morgan fingerprint density at radius 3 is 3.00 bits per heavy atom. The Balaban J connectivity index is 2.02. The van der Waals surface area contributed by atoms with Gasteiger partial charge in [0, 0.05) is 42.4 Å². The Morgan fingerprint density at radius 2 is 2.35 bits per heavy atom. The zero-order valence-corrected chi connectivity index (χ0v) is 12.1. The lowest BCUT2D eigenvalue weighted by Gasteiger charge is -2.38. The van der Waals surface area contributed by atoms with Crippen LogP contribution in [0.2, 0.25) is 0 Å². The smallest absolute Gasteiger partial charge is 0.0544 e. The van der Waals surface area contributed by atoms with Crippen LogP contribution in [0.1, 0.15) is 26.0 Å². The van der Waals surface area contributed by atoms with Crippen molar-refractivity contribution in [2.45, 2.75) is 38.9 Å². The van der Waals surface area contributed by atoms with Crippen molar-refractivity contribution in [2.24, 2.45) is 0 Å². The van der Waals surface area contributed by atoms with Crippen LogP contribution in [0.4, 0.5) is 0 Å². The Hall–Kier alpha value is -0.450. The predicted octanol–water partition coefficient (Wildman–Crippen LogP) is 2.42. The molecule has 2 atom stereocenters. The van der Waals surface area contributed by atoms with Gasteiger partial charge in [0.05, 0.1) is 5.69 Å². The van der Waals surface area contributed by atoms with Gasteiger partial charge in [-0.2, -0.15) is 0 Å². The van der Waals surface area contributed by atoms with Crippen LogP contribution in [-0.2, 0) is 6.54 Å². The average Bonchev–Trinajstić information content (AvgIpc) is 2.32. The molecule has 2 rings (SSSR count). The maximum Gasteiger partial charge on any atom is 0.0544 e. The molecule has 1 saturated heterocycles. The van der Waals surface area contributed by atoms with E-state index in [9.17, 15) is 0 Å². The van der Waals surface area contributed by atoms with E-state index in [4.69, 9.17) is 0 Å². The van der Waals surface area contributed by atoms with Crippen molar-refractivity contribution in [3.63, 3.8) is 0 Å². The van der Waals surface area contributed by atoms with E-state index in [2.05, 4.69) is 57.1 Å². The molecule has 3 nitrogen and oxygen atoms in total. The first-order valence-electron chi connectivity index (χ1n) is 6.27. The second-order valence-electron chi connectivity index (χ2n) is 4.77. The summed E-state index contributed by atoms with van der Waals surface area (Å²) in [6.45, 7) is 7.65. The minimum Gasteiger partial charge on any atom is -0.311 e. The van der Waals surface area contributed by atoms with Crippen molar-refractivity contribution >= 4 is 15.9 Å². The molecule has 2 unspecified atom stereocenters. The monoisotopic (exact) mass is 297 g/mol. The van der Waals surface area contributed by atoms with Gasteiger partial charge in [-0.05, 0) is 41.4 Å². The molecule has 1 fully saturated rings. The molecule has 94 valence electrons. The van der Waals surface area contributed by atoms with Gasteiger partial charge < -0.3 is 5.32 Å². The van der Waals surface area contributed by atoms with Gasteiger partial charge in [-0.15, -0.1) is 0 Å². The van der Waals surface area contributed by atoms with Gasteiger partial charge in [-0.3, -0.25) is 9.88 Å². The number of piperazine rings is 1. The van der Waals surface area contributed by atoms with E-state index in [0.717, 1.165) is 29.8 Å². The second kappa shape index (κ2) is 5.94. The molecular formula is C13H20BrN3. The van der Waals surface area contributed by atoms with E-state index in [1.807, 2.05) is 6.20 Å². The third-order valence-electron chi connectivity index (χ3n) is 3.35. The fourth-order valence-corrected chi connectivity index (χ4v) is 2.57. The molecule has 0 aliphatic carbocycles. The Kier molecular flexibility index (Phi) is 4.54. The molecule has 0 amide bonds. The summed E-state index contributed by atoms with van der Waals surface area (Å²) in [5.41, 5.74) is 1.15. The molecule has 0 saturated carbocycles. The van der Waals surface area contributed by atoms with Gasteiger partial charge in [0.15, 0.2) is 0 Å². The third kappa shape index (κ3) is 3.50. The number of hydrogen-bond donors (Lipinski definition) is 1. The molecule has 17 heavy (non-hydrogen) atoms. The lowest BCUT2D eigenvalue weighted by atomic mass is 10.1. The fraction of sp³-hybridized carbons (Fsp3) is 0.615. The van der Waals surface area contributed by atoms with Crippen LogP contribution in [0.15, 0.2) is 22.8 Å². The summed E-state index contributed by atoms with van der Waals surface area (Å²) < 4.78 is 1.04. The topological polar surface area (TPSA) is 28.2 Å². The van der Waals surface area contributed by atoms with E-state index in [1.165, 1.54) is 6.42 Å². The first kappa shape index (κ1) is 13.0. The Labute approximate surface area is 112 Å². The summed E-state index contributed by atoms with van der Waals surface area (Å²) in [5.74, 6) is 0. The van der Waals surface area contributed by atoms with Gasteiger partial charge in [-0.1, -0.05) is 6.92 Å². The van der Waals surface area contributed by atoms with Crippen LogP contribution in [0, 0.1) is 0 Å². The van der Waals surface area contributed by atoms with Crippen LogP contribution in [0.25, 0.3) is 0 Å². The van der Waals surface area contributed by atoms with Crippen LogP contribution >= 0.6 is 15.9 Å². The predicted molar refractivity (Wildman–Crippen MR) is 73.9 cm³/mol. The highest BCUT2D eigenvalue weighted by Crippen LogP contribution is 2.15. The van der Waals surface area contributed by atoms with Crippen LogP contribution in [-0.4, -0.2) is 35.1 Å². The van der Waals surface area contributed by atoms with Crippen LogP contribution < -0.4 is 5.32 Å². The molecule has 0 radical (unpaired) electrons. The summed E-state index contributed by atoms with van der Waals surface area (Å²) in [7, 11) is 0. The molecule has 1 aliphatic heterocycles. The summed E-state index contributed by atoms with van der Waals surface area (Å²) in [6.07, 6.45) is 3.07. The zero-order valence-electron chi connectivity index (χ0n) is 10.5. The first-order chi connectivity index (χ1) is 8.19. The average molecular weight is 298 g/mol. The highest BCUT2D eigenvalue weighted by atomic mass is 79.9. The number of halogens is 1. The molecule has 0 aromatic carbocycles. The van der Waals surface area contributed by atoms with Crippen molar-refractivity contribution in [2.75, 3.05) is 13.1 Å². The third-order valence-corrected chi connectivity index (χ3v) is 3.82. The molecule has 1 aromatic heterocycles. The summed E-state index contributed by atoms with van der Waals surface area (Å²) >= 11 is 3.42. The Morgan fingerprint density at radius 1 is 1.53 bits per heavy atom. The maximum absolute atomic E-state index is 4.46. The molecule has 1 aromatic rings. The highest BCUT2D eigenvalue weighted by Gasteiger charge is 2.24. The van der Waals surface area contributed by atoms with Crippen molar-refractivity contribution in [3.05, 3.63) is 28.5 Å². The first-order valence-corrected chi connectivity index (χ1v) is 7.06. The molecule has 2 heterocycles. The minimum absolute atomic E-state index is 0.577. The van der Waals surface area contributed by atoms with E-state index >= 15 is 0 Å². The largest absolute Gasteiger partial charge is 0.311 e. The van der Waals surface area contributed by atoms with Crippen molar-refractivity contribution < 1.29 is 0 Å². The number of aromatic nitrogens is 1. The summed E-state index contributed by atoms with van der Waals surface area (Å²) in [6, 6.07) is 5.38. The van der Waals surface area contributed by atoms with Gasteiger partial charge in [-0.25, -0.2) is 0 Å². The van der Waals surface area contributed by atoms with Gasteiger partial charge in [0.1, 0.15) is 0 Å². The van der Waals surface area contributed by atoms with Crippen molar-refractivity contribution in [1.82, 2.24) is 15.2 Å². The van der Waals surface area contributed by atoms with Crippen molar-refractivity contribution in [1.29, 1.82) is 0 Å². The second-order valence-corrected chi connectivity index (χ2v) is 5.68. The normalized spacial score (nSPS) is 26.1. The van der Waals surface area contributed by atoms with E-state index < -0.39 is 0 Å². The lowest BCUT2D eigenvalue weighted by molar-refractivity contribution is 0.122. The minimum atomic E-state index is 0.577. The lowest BCUT2D eigenvalue weighted by Crippen LogP contribution is -2.54. The van der Waals surface area contributed by atoms with E-state index in [-0.39, 0.29) is 0 Å². The number of hydrogen-bond acceptors (Lipinski definition) is 3. The molecule has 4 heteroatoms. The number of nitrogens with zero attached hydrogens (tertiary/aromatic N) is 2. The molecule has 1 aliphatic rings. The fourth-order valence-electron chi connectivity index (χ4n) is 2.34. The molecular weight excluding hydrogens is 278 g/mol. The summed E-state index contributed by atoms with van der Waals surface area (Å²) in [4.78, 5) is 7.00. The molecule has 0 spiro atoms. The standard InChI is InChI=1S/C13H20BrN3/c1-3-13-7-15-10(2)8-17(13)9-12-5-4-11(14)6-16-12/h4-6,10,13,15H,3,7-9H2,1-2H3. The SMILES string of the molecule is CCC1CNC(C)CN1Cc1ccc(Br)cn1. The van der Waals surface area contributed by atoms with Crippen LogP contribution in [0.5, 0.6) is 0 Å². The van der Waals surface area contributed by atoms with E-state index in [1.54, 1.807) is 0 Å². The van der Waals surface area contributed by atoms with Gasteiger partial charge in [0.25, 0.3) is 0 Å². The molecule has 1 N–H and O–H groups in total. The maximum atomic E-state index is 4.46. The summed E-state index contributed by atoms with van der Waals surface area (Å²) in [5, 5.41) is 3.54. The number of rotatable bonds is 3. The zero-order chi connectivity index (χ0) is 12.3. The van der Waals surface area contributed by atoms with Gasteiger partial charge in [0.2, 0.25) is 0 Å². The molecule has 0 bridgehead atoms. The number of nitrogens with one attached hydrogen (secondary N) is 1. The van der Waals surface area contributed by atoms with Crippen LogP contribution in [0.3, 0.4) is 0 Å². The highest BCUT2D eigenvalue weighted by molar-refractivity contribution is 9.10. The number of pyridine rings is 1. The van der Waals surface area contributed by atoms with E-state index in [0.29, 0.717) is 12.1 Å². The Bertz CT molecular complexity index is 352. The quantitative estimate of drug-likeness (QED) is 0.929.